The van der Waals surface area contributed by atoms with Crippen LogP contribution in [0.1, 0.15) is 23.7 Å². The van der Waals surface area contributed by atoms with Gasteiger partial charge in [-0.25, -0.2) is 4.79 Å². The van der Waals surface area contributed by atoms with E-state index in [1.165, 1.54) is 12.1 Å². The number of rotatable bonds is 5. The van der Waals surface area contributed by atoms with Crippen molar-refractivity contribution < 1.29 is 18.8 Å². The molecule has 0 spiro atoms. The number of hydrogen-bond acceptors (Lipinski definition) is 4. The third-order valence-electron chi connectivity index (χ3n) is 4.59. The minimum absolute atomic E-state index is 0.159. The Morgan fingerprint density at radius 3 is 2.88 bits per heavy atom. The van der Waals surface area contributed by atoms with E-state index in [1.807, 2.05) is 6.92 Å². The largest absolute Gasteiger partial charge is 0.477 e. The number of pyridine rings is 1. The van der Waals surface area contributed by atoms with Crippen LogP contribution in [0.25, 0.3) is 10.9 Å². The molecule has 1 aromatic carbocycles. The lowest BCUT2D eigenvalue weighted by atomic mass is 10.1. The van der Waals surface area contributed by atoms with Crippen LogP contribution in [0.2, 0.25) is 0 Å². The van der Waals surface area contributed by atoms with E-state index in [9.17, 15) is 18.5 Å². The summed E-state index contributed by atoms with van der Waals surface area (Å²) < 4.78 is 28.2. The maximum absolute atomic E-state index is 14.2. The molecule has 134 valence electrons. The Balaban J connectivity index is 1.99. The molecular formula is C17H19F2N3O3. The molecule has 1 fully saturated rings. The van der Waals surface area contributed by atoms with Gasteiger partial charge in [0, 0.05) is 24.2 Å². The Morgan fingerprint density at radius 1 is 1.44 bits per heavy atom. The van der Waals surface area contributed by atoms with E-state index in [-0.39, 0.29) is 15.7 Å². The number of anilines is 1. The fourth-order valence-corrected chi connectivity index (χ4v) is 3.27. The predicted octanol–water partition coefficient (Wildman–Crippen LogP) is 2.01. The maximum atomic E-state index is 14.2. The molecule has 1 saturated heterocycles. The van der Waals surface area contributed by atoms with Crippen molar-refractivity contribution in [3.8, 4) is 0 Å². The summed E-state index contributed by atoms with van der Waals surface area (Å²) in [7, 11) is 0. The zero-order valence-corrected chi connectivity index (χ0v) is 13.8. The highest BCUT2D eigenvalue weighted by atomic mass is 19.2. The molecule has 0 radical (unpaired) electrons. The van der Waals surface area contributed by atoms with Crippen LogP contribution >= 0.6 is 0 Å². The first-order chi connectivity index (χ1) is 11.9. The fourth-order valence-electron chi connectivity index (χ4n) is 3.27. The number of halogens is 2. The summed E-state index contributed by atoms with van der Waals surface area (Å²) in [6, 6.07) is 4.39. The van der Waals surface area contributed by atoms with E-state index in [0.717, 1.165) is 32.6 Å². The number of nitrogens with zero attached hydrogens (tertiary/aromatic N) is 2. The van der Waals surface area contributed by atoms with E-state index >= 15 is 0 Å². The first-order valence-electron chi connectivity index (χ1n) is 8.17. The first-order valence-corrected chi connectivity index (χ1v) is 8.17. The number of nitrogens with one attached hydrogen (secondary N) is 1. The normalized spacial score (nSPS) is 17.4. The molecule has 0 aliphatic carbocycles. The zero-order valence-electron chi connectivity index (χ0n) is 13.8. The van der Waals surface area contributed by atoms with Gasteiger partial charge in [0.1, 0.15) is 0 Å². The molecule has 3 rings (SSSR count). The van der Waals surface area contributed by atoms with E-state index in [1.54, 1.807) is 6.07 Å². The third kappa shape index (κ3) is 3.09. The average molecular weight is 351 g/mol. The topological polar surface area (TPSA) is 74.6 Å². The van der Waals surface area contributed by atoms with Crippen LogP contribution in [-0.4, -0.2) is 42.0 Å². The molecule has 6 nitrogen and oxygen atoms in total. The lowest BCUT2D eigenvalue weighted by Gasteiger charge is -2.19. The number of carboxylic acid groups (broad SMARTS) is 1. The number of fused-ring (bicyclic) bond motifs is 1. The first kappa shape index (κ1) is 17.3. The Hall–Kier alpha value is -2.48. The molecule has 1 aliphatic heterocycles. The molecule has 8 heteroatoms. The van der Waals surface area contributed by atoms with Gasteiger partial charge in [-0.1, -0.05) is 11.4 Å². The molecule has 1 aliphatic rings. The summed E-state index contributed by atoms with van der Waals surface area (Å²) in [6.45, 7) is 5.39. The van der Waals surface area contributed by atoms with Crippen molar-refractivity contribution in [2.45, 2.75) is 13.3 Å². The van der Waals surface area contributed by atoms with Gasteiger partial charge in [-0.3, -0.25) is 4.79 Å². The van der Waals surface area contributed by atoms with E-state index < -0.39 is 22.9 Å². The van der Waals surface area contributed by atoms with Crippen LogP contribution in [0.15, 0.2) is 23.0 Å². The number of carboxylic acids is 1. The van der Waals surface area contributed by atoms with Crippen LogP contribution in [0, 0.1) is 11.9 Å². The van der Waals surface area contributed by atoms with Crippen molar-refractivity contribution in [1.82, 2.24) is 10.1 Å². The van der Waals surface area contributed by atoms with E-state index in [0.29, 0.717) is 11.6 Å². The van der Waals surface area contributed by atoms with Gasteiger partial charge in [0.25, 0.3) is 0 Å². The van der Waals surface area contributed by atoms with Gasteiger partial charge >= 0.3 is 5.97 Å². The van der Waals surface area contributed by atoms with Crippen molar-refractivity contribution >= 4 is 22.6 Å². The van der Waals surface area contributed by atoms with Gasteiger partial charge in [0.15, 0.2) is 5.56 Å². The van der Waals surface area contributed by atoms with Crippen LogP contribution in [0.4, 0.5) is 14.6 Å². The van der Waals surface area contributed by atoms with Crippen molar-refractivity contribution in [2.24, 2.45) is 5.92 Å². The standard InChI is InChI=1S/C17H19F2N3O3/c1-2-20-8-10-5-6-21(9-10)11-3-4-12-13(7-11)22(19)16(18)14(15(12)23)17(24)25/h3-4,7,10,20H,2,5-6,8-9H2,1H3,(H,24,25). The number of aromatic carboxylic acids is 1. The Labute approximate surface area is 142 Å². The SMILES string of the molecule is CCNCC1CCN(c2ccc3c(=O)c(C(=O)O)c(F)n(F)c3c2)C1. The summed E-state index contributed by atoms with van der Waals surface area (Å²) in [5, 5.41) is 12.1. The highest BCUT2D eigenvalue weighted by Crippen LogP contribution is 2.27. The lowest BCUT2D eigenvalue weighted by Crippen LogP contribution is -2.26. The van der Waals surface area contributed by atoms with Crippen molar-refractivity contribution in [1.29, 1.82) is 0 Å². The van der Waals surface area contributed by atoms with Crippen LogP contribution in [0.3, 0.4) is 0 Å². The number of carbonyl (C=O) groups is 1. The monoisotopic (exact) mass is 351 g/mol. The van der Waals surface area contributed by atoms with Gasteiger partial charge in [0.05, 0.1) is 5.52 Å². The quantitative estimate of drug-likeness (QED) is 0.806. The van der Waals surface area contributed by atoms with Crippen LogP contribution in [-0.2, 0) is 0 Å². The molecule has 2 aromatic rings. The molecule has 1 aromatic heterocycles. The Morgan fingerprint density at radius 2 is 2.20 bits per heavy atom. The van der Waals surface area contributed by atoms with Gasteiger partial charge in [-0.2, -0.15) is 4.39 Å². The molecule has 2 N–H and O–H groups in total. The number of aromatic nitrogens is 1. The highest BCUT2D eigenvalue weighted by Gasteiger charge is 2.25. The maximum Gasteiger partial charge on any atom is 0.344 e. The Kier molecular flexibility index (Phi) is 4.71. The Bertz CT molecular complexity index is 882. The second-order valence-corrected chi connectivity index (χ2v) is 6.19. The number of benzene rings is 1. The van der Waals surface area contributed by atoms with E-state index in [4.69, 9.17) is 5.11 Å². The summed E-state index contributed by atoms with van der Waals surface area (Å²) >= 11 is 0. The van der Waals surface area contributed by atoms with Crippen LogP contribution in [0.5, 0.6) is 0 Å². The smallest absolute Gasteiger partial charge is 0.344 e. The molecule has 25 heavy (non-hydrogen) atoms. The summed E-state index contributed by atoms with van der Waals surface area (Å²) in [5.74, 6) is -3.01. The molecule has 0 amide bonds. The van der Waals surface area contributed by atoms with Crippen molar-refractivity contribution in [3.05, 3.63) is 39.9 Å². The summed E-state index contributed by atoms with van der Waals surface area (Å²) in [6.07, 6.45) is 0.986. The van der Waals surface area contributed by atoms with Crippen molar-refractivity contribution in [2.75, 3.05) is 31.1 Å². The third-order valence-corrected chi connectivity index (χ3v) is 4.59. The van der Waals surface area contributed by atoms with Gasteiger partial charge < -0.3 is 15.3 Å². The number of hydrogen-bond donors (Lipinski definition) is 2. The molecule has 0 bridgehead atoms. The van der Waals surface area contributed by atoms with E-state index in [2.05, 4.69) is 10.2 Å². The fraction of sp³-hybridized carbons (Fsp3) is 0.412. The second-order valence-electron chi connectivity index (χ2n) is 6.19. The molecular weight excluding hydrogens is 332 g/mol. The summed E-state index contributed by atoms with van der Waals surface area (Å²) in [4.78, 5) is 24.8. The molecule has 1 unspecified atom stereocenters. The predicted molar refractivity (Wildman–Crippen MR) is 90.5 cm³/mol. The van der Waals surface area contributed by atoms with Gasteiger partial charge in [-0.15, -0.1) is 4.79 Å². The van der Waals surface area contributed by atoms with Crippen LogP contribution < -0.4 is 15.6 Å². The van der Waals surface area contributed by atoms with Gasteiger partial charge in [-0.05, 0) is 43.6 Å². The average Bonchev–Trinajstić information content (AvgIpc) is 3.06. The minimum Gasteiger partial charge on any atom is -0.477 e. The molecule has 2 heterocycles. The molecule has 1 atom stereocenters. The van der Waals surface area contributed by atoms with Crippen molar-refractivity contribution in [3.63, 3.8) is 0 Å². The second kappa shape index (κ2) is 6.79. The molecule has 0 saturated carbocycles. The van der Waals surface area contributed by atoms with Gasteiger partial charge in [0.2, 0.25) is 11.4 Å². The summed E-state index contributed by atoms with van der Waals surface area (Å²) in [5.41, 5.74) is -1.79. The highest BCUT2D eigenvalue weighted by molar-refractivity contribution is 5.93. The zero-order chi connectivity index (χ0) is 18.1. The minimum atomic E-state index is -1.79. The lowest BCUT2D eigenvalue weighted by molar-refractivity contribution is 0.0685.